The Balaban J connectivity index is 2.41. The molecule has 1 unspecified atom stereocenters. The van der Waals surface area contributed by atoms with Crippen LogP contribution in [0.15, 0.2) is 0 Å². The molecule has 2 aromatic rings. The molecule has 2 rings (SSSR count). The topological polar surface area (TPSA) is 69.8 Å². The molecule has 0 aliphatic rings. The SMILES string of the molecule is Cc1nn(C)c2c1nc(C(C)Cl)n2CCCS(C)(=O)=O. The maximum absolute atomic E-state index is 11.2. The highest BCUT2D eigenvalue weighted by Crippen LogP contribution is 2.26. The van der Waals surface area contributed by atoms with Gasteiger partial charge < -0.3 is 4.57 Å². The lowest BCUT2D eigenvalue weighted by atomic mass is 10.4. The Kier molecular flexibility index (Phi) is 4.11. The summed E-state index contributed by atoms with van der Waals surface area (Å²) < 4.78 is 26.2. The average Bonchev–Trinajstić information content (AvgIpc) is 2.78. The number of hydrogen-bond donors (Lipinski definition) is 0. The van der Waals surface area contributed by atoms with Crippen molar-refractivity contribution in [1.82, 2.24) is 19.3 Å². The van der Waals surface area contributed by atoms with Crippen LogP contribution in [0.1, 0.15) is 30.2 Å². The van der Waals surface area contributed by atoms with Crippen LogP contribution < -0.4 is 0 Å². The van der Waals surface area contributed by atoms with Gasteiger partial charge in [0.2, 0.25) is 0 Å². The summed E-state index contributed by atoms with van der Waals surface area (Å²) in [5.74, 6) is 0.908. The molecule has 0 bridgehead atoms. The van der Waals surface area contributed by atoms with Crippen molar-refractivity contribution in [1.29, 1.82) is 0 Å². The van der Waals surface area contributed by atoms with Crippen molar-refractivity contribution in [2.45, 2.75) is 32.2 Å². The highest BCUT2D eigenvalue weighted by Gasteiger charge is 2.20. The fourth-order valence-electron chi connectivity index (χ4n) is 2.36. The van der Waals surface area contributed by atoms with E-state index in [-0.39, 0.29) is 11.1 Å². The van der Waals surface area contributed by atoms with Gasteiger partial charge in [-0.3, -0.25) is 4.68 Å². The lowest BCUT2D eigenvalue weighted by Crippen LogP contribution is -2.12. The van der Waals surface area contributed by atoms with Gasteiger partial charge in [-0.1, -0.05) is 0 Å². The molecule has 20 heavy (non-hydrogen) atoms. The number of sulfone groups is 1. The smallest absolute Gasteiger partial charge is 0.158 e. The van der Waals surface area contributed by atoms with Crippen LogP contribution in [-0.4, -0.2) is 39.8 Å². The third-order valence-corrected chi connectivity index (χ3v) is 4.40. The second-order valence-corrected chi connectivity index (χ2v) is 8.02. The fourth-order valence-corrected chi connectivity index (χ4v) is 3.18. The Morgan fingerprint density at radius 2 is 2.05 bits per heavy atom. The van der Waals surface area contributed by atoms with Crippen molar-refractivity contribution in [2.75, 3.05) is 12.0 Å². The molecule has 0 spiro atoms. The van der Waals surface area contributed by atoms with E-state index in [4.69, 9.17) is 11.6 Å². The van der Waals surface area contributed by atoms with Crippen LogP contribution in [-0.2, 0) is 23.4 Å². The quantitative estimate of drug-likeness (QED) is 0.788. The van der Waals surface area contributed by atoms with Gasteiger partial charge in [0.1, 0.15) is 21.2 Å². The van der Waals surface area contributed by atoms with Crippen molar-refractivity contribution in [3.05, 3.63) is 11.5 Å². The molecule has 0 radical (unpaired) electrons. The van der Waals surface area contributed by atoms with Gasteiger partial charge in [-0.15, -0.1) is 11.6 Å². The summed E-state index contributed by atoms with van der Waals surface area (Å²) in [7, 11) is -1.10. The van der Waals surface area contributed by atoms with E-state index < -0.39 is 9.84 Å². The number of aromatic nitrogens is 4. The summed E-state index contributed by atoms with van der Waals surface area (Å²) in [6.07, 6.45) is 1.78. The molecule has 0 saturated carbocycles. The molecule has 0 aliphatic heterocycles. The average molecular weight is 319 g/mol. The minimum atomic E-state index is -2.96. The number of alkyl halides is 1. The van der Waals surface area contributed by atoms with Gasteiger partial charge in [0, 0.05) is 19.8 Å². The van der Waals surface area contributed by atoms with Crippen LogP contribution in [0.4, 0.5) is 0 Å². The predicted molar refractivity (Wildman–Crippen MR) is 79.8 cm³/mol. The second-order valence-electron chi connectivity index (χ2n) is 5.10. The van der Waals surface area contributed by atoms with Crippen molar-refractivity contribution in [3.63, 3.8) is 0 Å². The van der Waals surface area contributed by atoms with E-state index >= 15 is 0 Å². The number of imidazole rings is 1. The van der Waals surface area contributed by atoms with E-state index in [1.807, 2.05) is 25.5 Å². The molecule has 0 saturated heterocycles. The van der Waals surface area contributed by atoms with Gasteiger partial charge in [0.05, 0.1) is 16.8 Å². The highest BCUT2D eigenvalue weighted by molar-refractivity contribution is 7.90. The van der Waals surface area contributed by atoms with Crippen molar-refractivity contribution in [2.24, 2.45) is 7.05 Å². The van der Waals surface area contributed by atoms with E-state index in [2.05, 4.69) is 10.1 Å². The molecule has 0 N–H and O–H groups in total. The first-order valence-electron chi connectivity index (χ1n) is 6.42. The summed E-state index contributed by atoms with van der Waals surface area (Å²) in [5.41, 5.74) is 2.57. The van der Waals surface area contributed by atoms with E-state index in [1.54, 1.807) is 4.68 Å². The Morgan fingerprint density at radius 1 is 1.40 bits per heavy atom. The van der Waals surface area contributed by atoms with Crippen molar-refractivity contribution < 1.29 is 8.42 Å². The standard InChI is InChI=1S/C12H19ClN4O2S/c1-8(13)11-14-10-9(2)15-16(3)12(10)17(11)6-5-7-20(4,18)19/h8H,5-7H2,1-4H3. The summed E-state index contributed by atoms with van der Waals surface area (Å²) in [6, 6.07) is 0. The Bertz CT molecular complexity index is 730. The molecule has 0 aliphatic carbocycles. The van der Waals surface area contributed by atoms with Crippen LogP contribution in [0, 0.1) is 6.92 Å². The van der Waals surface area contributed by atoms with Gasteiger partial charge >= 0.3 is 0 Å². The molecule has 0 fully saturated rings. The Morgan fingerprint density at radius 3 is 2.60 bits per heavy atom. The minimum Gasteiger partial charge on any atom is -0.312 e. The largest absolute Gasteiger partial charge is 0.312 e. The third-order valence-electron chi connectivity index (χ3n) is 3.17. The predicted octanol–water partition coefficient (Wildman–Crippen LogP) is 1.81. The fraction of sp³-hybridized carbons (Fsp3) is 0.667. The van der Waals surface area contributed by atoms with Crippen LogP contribution in [0.25, 0.3) is 11.2 Å². The number of halogens is 1. The first-order chi connectivity index (χ1) is 9.20. The monoisotopic (exact) mass is 318 g/mol. The maximum Gasteiger partial charge on any atom is 0.158 e. The van der Waals surface area contributed by atoms with Crippen LogP contribution in [0.2, 0.25) is 0 Å². The molecule has 8 heteroatoms. The lowest BCUT2D eigenvalue weighted by molar-refractivity contribution is 0.586. The first kappa shape index (κ1) is 15.3. The van der Waals surface area contributed by atoms with Gasteiger partial charge in [0.25, 0.3) is 0 Å². The molecule has 2 heterocycles. The minimum absolute atomic E-state index is 0.152. The third kappa shape index (κ3) is 2.98. The zero-order valence-corrected chi connectivity index (χ0v) is 13.7. The van der Waals surface area contributed by atoms with E-state index in [9.17, 15) is 8.42 Å². The van der Waals surface area contributed by atoms with Gasteiger partial charge in [-0.2, -0.15) is 5.10 Å². The van der Waals surface area contributed by atoms with Crippen LogP contribution in [0.5, 0.6) is 0 Å². The highest BCUT2D eigenvalue weighted by atomic mass is 35.5. The maximum atomic E-state index is 11.2. The molecule has 2 aromatic heterocycles. The molecule has 0 amide bonds. The zero-order chi connectivity index (χ0) is 15.1. The molecule has 0 aromatic carbocycles. The van der Waals surface area contributed by atoms with Gasteiger partial charge in [-0.05, 0) is 20.3 Å². The summed E-state index contributed by atoms with van der Waals surface area (Å²) in [6.45, 7) is 4.33. The molecule has 112 valence electrons. The number of fused-ring (bicyclic) bond motifs is 1. The summed E-state index contributed by atoms with van der Waals surface area (Å²) in [4.78, 5) is 4.55. The van der Waals surface area contributed by atoms with Crippen molar-refractivity contribution in [3.8, 4) is 0 Å². The second kappa shape index (κ2) is 5.37. The van der Waals surface area contributed by atoms with Crippen LogP contribution in [0.3, 0.4) is 0 Å². The zero-order valence-electron chi connectivity index (χ0n) is 12.1. The number of aryl methyl sites for hydroxylation is 3. The lowest BCUT2D eigenvalue weighted by Gasteiger charge is -2.10. The van der Waals surface area contributed by atoms with Gasteiger partial charge in [-0.25, -0.2) is 13.4 Å². The van der Waals surface area contributed by atoms with E-state index in [1.165, 1.54) is 6.26 Å². The Hall–Kier alpha value is -1.08. The number of hydrogen-bond acceptors (Lipinski definition) is 4. The Labute approximate surface area is 123 Å². The first-order valence-corrected chi connectivity index (χ1v) is 8.92. The molecule has 6 nitrogen and oxygen atoms in total. The number of rotatable bonds is 5. The van der Waals surface area contributed by atoms with Gasteiger partial charge in [0.15, 0.2) is 5.65 Å². The summed E-state index contributed by atoms with van der Waals surface area (Å²) in [5, 5.41) is 4.10. The van der Waals surface area contributed by atoms with E-state index in [0.717, 1.165) is 22.7 Å². The van der Waals surface area contributed by atoms with E-state index in [0.29, 0.717) is 13.0 Å². The normalized spacial score (nSPS) is 14.1. The van der Waals surface area contributed by atoms with Crippen molar-refractivity contribution >= 4 is 32.6 Å². The molecular weight excluding hydrogens is 300 g/mol. The number of nitrogens with zero attached hydrogens (tertiary/aromatic N) is 4. The van der Waals surface area contributed by atoms with Crippen LogP contribution >= 0.6 is 11.6 Å². The summed E-state index contributed by atoms with van der Waals surface area (Å²) >= 11 is 6.18. The molecule has 1 atom stereocenters. The molecular formula is C12H19ClN4O2S.